The number of para-hydroxylation sites is 1. The summed E-state index contributed by atoms with van der Waals surface area (Å²) in [5.74, 6) is -0.846. The van der Waals surface area contributed by atoms with Crippen molar-refractivity contribution in [2.24, 2.45) is 0 Å². The fourth-order valence-electron chi connectivity index (χ4n) is 3.65. The van der Waals surface area contributed by atoms with Crippen LogP contribution in [0.2, 0.25) is 0 Å². The lowest BCUT2D eigenvalue weighted by Crippen LogP contribution is -2.45. The van der Waals surface area contributed by atoms with Crippen molar-refractivity contribution in [2.75, 3.05) is 6.54 Å². The Bertz CT molecular complexity index is 940. The quantitative estimate of drug-likeness (QED) is 0.619. The van der Waals surface area contributed by atoms with Gasteiger partial charge in [0, 0.05) is 28.7 Å². The maximum absolute atomic E-state index is 13.0. The summed E-state index contributed by atoms with van der Waals surface area (Å²) in [4.78, 5) is 42.7. The Morgan fingerprint density at radius 2 is 1.90 bits per heavy atom. The molecule has 1 aromatic heterocycles. The van der Waals surface area contributed by atoms with E-state index < -0.39 is 29.8 Å². The monoisotopic (exact) mass is 400 g/mol. The average molecular weight is 400 g/mol. The smallest absolute Gasteiger partial charge is 0.411 e. The van der Waals surface area contributed by atoms with Gasteiger partial charge in [0.15, 0.2) is 6.10 Å². The Kier molecular flexibility index (Phi) is 5.68. The van der Waals surface area contributed by atoms with Gasteiger partial charge in [-0.25, -0.2) is 9.59 Å². The largest absolute Gasteiger partial charge is 0.453 e. The third kappa shape index (κ3) is 4.44. The van der Waals surface area contributed by atoms with Crippen molar-refractivity contribution in [3.8, 4) is 0 Å². The average Bonchev–Trinajstić information content (AvgIpc) is 3.23. The van der Waals surface area contributed by atoms with Gasteiger partial charge in [0.1, 0.15) is 11.6 Å². The Balaban J connectivity index is 1.72. The number of aromatic nitrogens is 1. The first-order valence-corrected chi connectivity index (χ1v) is 9.90. The first-order chi connectivity index (χ1) is 13.6. The minimum absolute atomic E-state index is 0.268. The predicted octanol–water partition coefficient (Wildman–Crippen LogP) is 3.99. The number of hydrogen-bond donors (Lipinski definition) is 1. The van der Waals surface area contributed by atoms with Crippen LogP contribution in [-0.4, -0.2) is 52.0 Å². The Morgan fingerprint density at radius 1 is 1.21 bits per heavy atom. The Hall–Kier alpha value is -2.83. The number of carbonyl (C=O) groups excluding carboxylic acids is 3. The molecule has 1 amide bonds. The second-order valence-electron chi connectivity index (χ2n) is 8.45. The molecular weight excluding hydrogens is 372 g/mol. The standard InChI is InChI=1S/C22H28N2O5/c1-13-18(15-9-6-7-10-16(15)23-13)19(25)14(2)28-20(26)17-11-8-12-24(17)21(27)29-22(3,4)5/h6-7,9-10,14,17,23H,8,11-12H2,1-5H3/t14-,17-/m0/s1. The molecule has 0 saturated carbocycles. The fraction of sp³-hybridized carbons (Fsp3) is 0.500. The molecular formula is C22H28N2O5. The summed E-state index contributed by atoms with van der Waals surface area (Å²) in [5.41, 5.74) is 1.47. The van der Waals surface area contributed by atoms with Gasteiger partial charge in [0.05, 0.1) is 0 Å². The second kappa shape index (κ2) is 7.89. The first-order valence-electron chi connectivity index (χ1n) is 9.90. The number of carbonyl (C=O) groups is 3. The molecule has 1 N–H and O–H groups in total. The van der Waals surface area contributed by atoms with Crippen molar-refractivity contribution in [3.05, 3.63) is 35.5 Å². The fourth-order valence-corrected chi connectivity index (χ4v) is 3.65. The first kappa shape index (κ1) is 20.9. The lowest BCUT2D eigenvalue weighted by atomic mass is 10.0. The third-order valence-electron chi connectivity index (χ3n) is 4.96. The number of rotatable bonds is 4. The number of amides is 1. The van der Waals surface area contributed by atoms with Crippen molar-refractivity contribution in [1.29, 1.82) is 0 Å². The molecule has 2 atom stereocenters. The number of ether oxygens (including phenoxy) is 2. The minimum Gasteiger partial charge on any atom is -0.453 e. The Morgan fingerprint density at radius 3 is 2.59 bits per heavy atom. The molecule has 2 aromatic rings. The van der Waals surface area contributed by atoms with Crippen LogP contribution >= 0.6 is 0 Å². The number of hydrogen-bond acceptors (Lipinski definition) is 5. The molecule has 1 aromatic carbocycles. The normalized spacial score (nSPS) is 18.0. The molecule has 0 spiro atoms. The van der Waals surface area contributed by atoms with Gasteiger partial charge >= 0.3 is 12.1 Å². The van der Waals surface area contributed by atoms with Crippen LogP contribution in [0.25, 0.3) is 10.9 Å². The van der Waals surface area contributed by atoms with E-state index in [-0.39, 0.29) is 5.78 Å². The van der Waals surface area contributed by atoms with Gasteiger partial charge < -0.3 is 14.5 Å². The zero-order valence-corrected chi connectivity index (χ0v) is 17.6. The molecule has 3 rings (SSSR count). The van der Waals surface area contributed by atoms with Crippen LogP contribution in [0.4, 0.5) is 4.79 Å². The third-order valence-corrected chi connectivity index (χ3v) is 4.96. The van der Waals surface area contributed by atoms with Gasteiger partial charge in [0.2, 0.25) is 5.78 Å². The molecule has 0 bridgehead atoms. The van der Waals surface area contributed by atoms with Gasteiger partial charge in [0.25, 0.3) is 0 Å². The van der Waals surface area contributed by atoms with Gasteiger partial charge in [-0.3, -0.25) is 9.69 Å². The van der Waals surface area contributed by atoms with Crippen LogP contribution in [0.15, 0.2) is 24.3 Å². The summed E-state index contributed by atoms with van der Waals surface area (Å²) in [6.07, 6.45) is -0.321. The summed E-state index contributed by atoms with van der Waals surface area (Å²) >= 11 is 0. The molecule has 1 aliphatic heterocycles. The van der Waals surface area contributed by atoms with E-state index in [1.807, 2.05) is 31.2 Å². The summed E-state index contributed by atoms with van der Waals surface area (Å²) < 4.78 is 10.9. The topological polar surface area (TPSA) is 88.7 Å². The number of nitrogens with zero attached hydrogens (tertiary/aromatic N) is 1. The second-order valence-corrected chi connectivity index (χ2v) is 8.45. The molecule has 0 aliphatic carbocycles. The van der Waals surface area contributed by atoms with Crippen molar-refractivity contribution in [1.82, 2.24) is 9.88 Å². The molecule has 1 aliphatic rings. The van der Waals surface area contributed by atoms with Crippen molar-refractivity contribution in [3.63, 3.8) is 0 Å². The highest BCUT2D eigenvalue weighted by Crippen LogP contribution is 2.25. The van der Waals surface area contributed by atoms with E-state index in [0.717, 1.165) is 16.6 Å². The highest BCUT2D eigenvalue weighted by atomic mass is 16.6. The maximum Gasteiger partial charge on any atom is 0.411 e. The van der Waals surface area contributed by atoms with Crippen LogP contribution in [0.5, 0.6) is 0 Å². The predicted molar refractivity (Wildman–Crippen MR) is 109 cm³/mol. The summed E-state index contributed by atoms with van der Waals surface area (Å²) in [5, 5.41) is 0.800. The number of nitrogens with one attached hydrogen (secondary N) is 1. The van der Waals surface area contributed by atoms with Crippen LogP contribution in [-0.2, 0) is 14.3 Å². The number of benzene rings is 1. The highest BCUT2D eigenvalue weighted by Gasteiger charge is 2.39. The molecule has 7 heteroatoms. The van der Waals surface area contributed by atoms with E-state index >= 15 is 0 Å². The maximum atomic E-state index is 13.0. The van der Waals surface area contributed by atoms with Crippen LogP contribution < -0.4 is 0 Å². The van der Waals surface area contributed by atoms with Gasteiger partial charge in [-0.1, -0.05) is 18.2 Å². The number of fused-ring (bicyclic) bond motifs is 1. The van der Waals surface area contributed by atoms with Crippen LogP contribution in [0.1, 0.15) is 56.6 Å². The van der Waals surface area contributed by atoms with E-state index in [1.165, 1.54) is 4.90 Å². The number of H-pyrrole nitrogens is 1. The number of esters is 1. The van der Waals surface area contributed by atoms with Gasteiger partial charge in [-0.15, -0.1) is 0 Å². The Labute approximate surface area is 170 Å². The molecule has 2 heterocycles. The molecule has 7 nitrogen and oxygen atoms in total. The van der Waals surface area contributed by atoms with E-state index in [4.69, 9.17) is 9.47 Å². The van der Waals surface area contributed by atoms with E-state index in [2.05, 4.69) is 4.98 Å². The zero-order chi connectivity index (χ0) is 21.3. The zero-order valence-electron chi connectivity index (χ0n) is 17.6. The van der Waals surface area contributed by atoms with Crippen molar-refractivity contribution in [2.45, 2.75) is 65.2 Å². The minimum atomic E-state index is -0.957. The molecule has 1 fully saturated rings. The number of ketones is 1. The SMILES string of the molecule is Cc1[nH]c2ccccc2c1C(=O)[C@H](C)OC(=O)[C@@H]1CCCN1C(=O)OC(C)(C)C. The number of likely N-dealkylation sites (tertiary alicyclic amines) is 1. The summed E-state index contributed by atoms with van der Waals surface area (Å²) in [6.45, 7) is 9.14. The molecule has 1 saturated heterocycles. The lowest BCUT2D eigenvalue weighted by Gasteiger charge is -2.28. The van der Waals surface area contributed by atoms with Gasteiger partial charge in [-0.2, -0.15) is 0 Å². The van der Waals surface area contributed by atoms with Crippen LogP contribution in [0.3, 0.4) is 0 Å². The molecule has 0 unspecified atom stereocenters. The van der Waals surface area contributed by atoms with Crippen LogP contribution in [0, 0.1) is 6.92 Å². The molecule has 29 heavy (non-hydrogen) atoms. The van der Waals surface area contributed by atoms with E-state index in [1.54, 1.807) is 27.7 Å². The number of aromatic amines is 1. The van der Waals surface area contributed by atoms with E-state index in [0.29, 0.717) is 24.9 Å². The van der Waals surface area contributed by atoms with Crippen molar-refractivity contribution >= 4 is 28.7 Å². The molecule has 156 valence electrons. The van der Waals surface area contributed by atoms with Crippen molar-refractivity contribution < 1.29 is 23.9 Å². The number of aryl methyl sites for hydroxylation is 1. The van der Waals surface area contributed by atoms with E-state index in [9.17, 15) is 14.4 Å². The lowest BCUT2D eigenvalue weighted by molar-refractivity contribution is -0.151. The summed E-state index contributed by atoms with van der Waals surface area (Å²) in [7, 11) is 0. The highest BCUT2D eigenvalue weighted by molar-refractivity contribution is 6.11. The van der Waals surface area contributed by atoms with Gasteiger partial charge in [-0.05, 0) is 53.5 Å². The number of Topliss-reactive ketones (excluding diaryl/α,β-unsaturated/α-hetero) is 1. The molecule has 0 radical (unpaired) electrons. The summed E-state index contributed by atoms with van der Waals surface area (Å²) in [6, 6.07) is 6.78.